The maximum atomic E-state index is 13.1. The van der Waals surface area contributed by atoms with E-state index in [2.05, 4.69) is 6.07 Å². The minimum atomic E-state index is -0.663. The number of ether oxygens (including phenoxy) is 4. The van der Waals surface area contributed by atoms with Crippen molar-refractivity contribution in [1.29, 1.82) is 5.26 Å². The van der Waals surface area contributed by atoms with Crippen molar-refractivity contribution in [3.05, 3.63) is 93.0 Å². The lowest BCUT2D eigenvalue weighted by atomic mass is 9.83. The van der Waals surface area contributed by atoms with E-state index >= 15 is 0 Å². The Morgan fingerprint density at radius 2 is 1.80 bits per heavy atom. The van der Waals surface area contributed by atoms with Gasteiger partial charge in [0, 0.05) is 27.6 Å². The molecule has 0 saturated heterocycles. The van der Waals surface area contributed by atoms with Crippen LogP contribution in [0.15, 0.2) is 64.4 Å². The first kappa shape index (κ1) is 27.0. The van der Waals surface area contributed by atoms with Crippen LogP contribution in [0.5, 0.6) is 23.0 Å². The van der Waals surface area contributed by atoms with Gasteiger partial charge < -0.3 is 29.1 Å². The lowest BCUT2D eigenvalue weighted by molar-refractivity contribution is 0.0702. The Balaban J connectivity index is 1.49. The van der Waals surface area contributed by atoms with Crippen molar-refractivity contribution in [2.24, 2.45) is 5.73 Å². The highest BCUT2D eigenvalue weighted by molar-refractivity contribution is 6.32. The molecule has 1 atom stereocenters. The van der Waals surface area contributed by atoms with Crippen LogP contribution in [0.1, 0.15) is 52.6 Å². The number of hydrogen-bond acceptors (Lipinski definition) is 8. The molecule has 1 unspecified atom stereocenters. The van der Waals surface area contributed by atoms with E-state index in [1.807, 2.05) is 39.0 Å². The molecule has 0 amide bonds. The van der Waals surface area contributed by atoms with Crippen molar-refractivity contribution in [3.63, 3.8) is 0 Å². The monoisotopic (exact) mass is 558 g/mol. The van der Waals surface area contributed by atoms with Gasteiger partial charge in [-0.1, -0.05) is 23.7 Å². The van der Waals surface area contributed by atoms with Crippen LogP contribution in [0.3, 0.4) is 0 Å². The van der Waals surface area contributed by atoms with Gasteiger partial charge in [0.1, 0.15) is 28.7 Å². The minimum absolute atomic E-state index is 0.0318. The van der Waals surface area contributed by atoms with E-state index in [0.717, 1.165) is 16.5 Å². The predicted octanol–water partition coefficient (Wildman–Crippen LogP) is 6.94. The van der Waals surface area contributed by atoms with Gasteiger partial charge in [-0.15, -0.1) is 0 Å². The number of nitrogens with two attached hydrogens (primary N) is 1. The summed E-state index contributed by atoms with van der Waals surface area (Å²) in [6.07, 6.45) is 0. The second-order valence-electron chi connectivity index (χ2n) is 9.24. The van der Waals surface area contributed by atoms with E-state index in [4.69, 9.17) is 40.7 Å². The van der Waals surface area contributed by atoms with E-state index in [1.54, 1.807) is 37.3 Å². The van der Waals surface area contributed by atoms with Gasteiger partial charge in [0.15, 0.2) is 11.5 Å². The van der Waals surface area contributed by atoms with Crippen molar-refractivity contribution in [2.75, 3.05) is 13.2 Å². The van der Waals surface area contributed by atoms with Gasteiger partial charge in [-0.05, 0) is 69.2 Å². The number of esters is 1. The topological polar surface area (TPSA) is 117 Å². The summed E-state index contributed by atoms with van der Waals surface area (Å²) in [7, 11) is 0. The molecule has 0 fully saturated rings. The number of carbonyl (C=O) groups excluding carboxylic acids is 1. The van der Waals surface area contributed by atoms with Crippen LogP contribution >= 0.6 is 11.6 Å². The predicted molar refractivity (Wildman–Crippen MR) is 150 cm³/mol. The largest absolute Gasteiger partial charge is 0.490 e. The molecule has 2 heterocycles. The summed E-state index contributed by atoms with van der Waals surface area (Å²) >= 11 is 6.26. The van der Waals surface area contributed by atoms with Crippen LogP contribution in [0.25, 0.3) is 11.0 Å². The molecule has 40 heavy (non-hydrogen) atoms. The summed E-state index contributed by atoms with van der Waals surface area (Å²) in [6.45, 7) is 8.35. The van der Waals surface area contributed by atoms with Crippen molar-refractivity contribution in [2.45, 2.75) is 33.6 Å². The third kappa shape index (κ3) is 4.80. The zero-order valence-corrected chi connectivity index (χ0v) is 23.2. The summed E-state index contributed by atoms with van der Waals surface area (Å²) in [5, 5.41) is 11.3. The number of rotatable bonds is 7. The third-order valence-corrected chi connectivity index (χ3v) is 7.11. The van der Waals surface area contributed by atoms with Gasteiger partial charge in [-0.3, -0.25) is 0 Å². The van der Waals surface area contributed by atoms with E-state index in [1.165, 1.54) is 0 Å². The first-order valence-corrected chi connectivity index (χ1v) is 13.2. The normalized spacial score (nSPS) is 14.3. The van der Waals surface area contributed by atoms with E-state index < -0.39 is 11.9 Å². The van der Waals surface area contributed by atoms with Gasteiger partial charge in [-0.2, -0.15) is 5.26 Å². The zero-order valence-electron chi connectivity index (χ0n) is 22.5. The molecule has 5 rings (SSSR count). The molecule has 2 N–H and O–H groups in total. The smallest absolute Gasteiger partial charge is 0.379 e. The van der Waals surface area contributed by atoms with Crippen molar-refractivity contribution in [1.82, 2.24) is 0 Å². The molecule has 1 aliphatic heterocycles. The van der Waals surface area contributed by atoms with Crippen LogP contribution < -0.4 is 24.7 Å². The molecule has 0 spiro atoms. The van der Waals surface area contributed by atoms with Crippen LogP contribution in [-0.4, -0.2) is 19.2 Å². The fraction of sp³-hybridized carbons (Fsp3) is 0.226. The van der Waals surface area contributed by atoms with Crippen LogP contribution in [0.2, 0.25) is 5.02 Å². The van der Waals surface area contributed by atoms with Gasteiger partial charge >= 0.3 is 5.97 Å². The number of fused-ring (bicyclic) bond motifs is 2. The molecule has 0 radical (unpaired) electrons. The van der Waals surface area contributed by atoms with Gasteiger partial charge in [0.05, 0.1) is 19.1 Å². The standard InChI is InChI=1S/C31H27ClN2O6/c1-5-36-24-10-7-18(12-27(24)37-6-2)28-20-9-8-19(13-26(20)40-30(34)22(28)15-33)38-31(35)29-17(4)21-14-23(32)16(3)11-25(21)39-29/h7-14,28H,5-6,34H2,1-4H3. The Hall–Kier alpha value is -4.61. The maximum Gasteiger partial charge on any atom is 0.379 e. The summed E-state index contributed by atoms with van der Waals surface area (Å²) in [5.74, 6) is 0.620. The Labute approximate surface area is 236 Å². The number of halogens is 1. The highest BCUT2D eigenvalue weighted by Crippen LogP contribution is 2.45. The number of nitrogens with zero attached hydrogens (tertiary/aromatic N) is 1. The van der Waals surface area contributed by atoms with E-state index in [9.17, 15) is 10.1 Å². The average Bonchev–Trinajstić information content (AvgIpc) is 3.24. The molecular formula is C31H27ClN2O6. The van der Waals surface area contributed by atoms with Crippen LogP contribution in [0, 0.1) is 25.2 Å². The van der Waals surface area contributed by atoms with Gasteiger partial charge in [0.2, 0.25) is 11.6 Å². The van der Waals surface area contributed by atoms with Crippen LogP contribution in [0.4, 0.5) is 0 Å². The number of nitriles is 1. The summed E-state index contributed by atoms with van der Waals surface area (Å²) in [5.41, 5.74) is 9.91. The molecule has 3 aromatic carbocycles. The molecule has 4 aromatic rings. The van der Waals surface area contributed by atoms with Gasteiger partial charge in [-0.25, -0.2) is 4.79 Å². The number of allylic oxidation sites excluding steroid dienone is 1. The van der Waals surface area contributed by atoms with Gasteiger partial charge in [0.25, 0.3) is 0 Å². The number of furan rings is 1. The summed E-state index contributed by atoms with van der Waals surface area (Å²) in [4.78, 5) is 13.1. The molecule has 0 bridgehead atoms. The summed E-state index contributed by atoms with van der Waals surface area (Å²) < 4.78 is 28.8. The molecule has 204 valence electrons. The maximum absolute atomic E-state index is 13.1. The number of aryl methyl sites for hydroxylation is 2. The number of benzene rings is 3. The Kier molecular flexibility index (Phi) is 7.33. The molecule has 1 aliphatic rings. The Bertz CT molecular complexity index is 1720. The number of hydrogen-bond donors (Lipinski definition) is 1. The molecule has 0 saturated carbocycles. The first-order valence-electron chi connectivity index (χ1n) is 12.8. The van der Waals surface area contributed by atoms with Crippen molar-refractivity contribution in [3.8, 4) is 29.1 Å². The third-order valence-electron chi connectivity index (χ3n) is 6.70. The summed E-state index contributed by atoms with van der Waals surface area (Å²) in [6, 6.07) is 16.2. The highest BCUT2D eigenvalue weighted by atomic mass is 35.5. The highest BCUT2D eigenvalue weighted by Gasteiger charge is 2.32. The molecule has 1 aromatic heterocycles. The molecule has 8 nitrogen and oxygen atoms in total. The molecule has 0 aliphatic carbocycles. The lowest BCUT2D eigenvalue weighted by Crippen LogP contribution is -2.21. The Morgan fingerprint density at radius 1 is 1.05 bits per heavy atom. The lowest BCUT2D eigenvalue weighted by Gasteiger charge is -2.27. The van der Waals surface area contributed by atoms with E-state index in [0.29, 0.717) is 52.2 Å². The minimum Gasteiger partial charge on any atom is -0.490 e. The zero-order chi connectivity index (χ0) is 28.6. The van der Waals surface area contributed by atoms with Crippen molar-refractivity contribution < 1.29 is 28.2 Å². The Morgan fingerprint density at radius 3 is 2.52 bits per heavy atom. The quantitative estimate of drug-likeness (QED) is 0.191. The second kappa shape index (κ2) is 10.9. The fourth-order valence-corrected chi connectivity index (χ4v) is 4.94. The van der Waals surface area contributed by atoms with Crippen LogP contribution in [-0.2, 0) is 0 Å². The SMILES string of the molecule is CCOc1ccc(C2C(C#N)=C(N)Oc3cc(OC(=O)c4oc5cc(C)c(Cl)cc5c4C)ccc32)cc1OCC. The van der Waals surface area contributed by atoms with E-state index in [-0.39, 0.29) is 23.0 Å². The molecule has 9 heteroatoms. The van der Waals surface area contributed by atoms with Crippen molar-refractivity contribution >= 4 is 28.5 Å². The average molecular weight is 559 g/mol. The fourth-order valence-electron chi connectivity index (χ4n) is 4.78. The number of carbonyl (C=O) groups is 1. The molecular weight excluding hydrogens is 532 g/mol. The second-order valence-corrected chi connectivity index (χ2v) is 9.65. The first-order chi connectivity index (χ1) is 19.2.